The van der Waals surface area contributed by atoms with Crippen LogP contribution in [-0.4, -0.2) is 10.9 Å². The maximum atomic E-state index is 13.0. The van der Waals surface area contributed by atoms with Crippen LogP contribution in [0.3, 0.4) is 0 Å². The number of nitrogens with two attached hydrogens (primary N) is 1. The Morgan fingerprint density at radius 3 is 2.85 bits per heavy atom. The van der Waals surface area contributed by atoms with Gasteiger partial charge < -0.3 is 11.1 Å². The van der Waals surface area contributed by atoms with E-state index in [9.17, 15) is 9.18 Å². The molecule has 3 N–H and O–H groups in total. The highest BCUT2D eigenvalue weighted by atomic mass is 35.5. The number of benzene rings is 1. The molecule has 6 heteroatoms. The second-order valence-corrected chi connectivity index (χ2v) is 4.58. The van der Waals surface area contributed by atoms with Crippen LogP contribution in [0, 0.1) is 5.82 Å². The summed E-state index contributed by atoms with van der Waals surface area (Å²) in [7, 11) is 0. The number of rotatable bonds is 4. The summed E-state index contributed by atoms with van der Waals surface area (Å²) in [5.41, 5.74) is 7.31. The molecule has 0 atom stereocenters. The Bertz CT molecular complexity index is 634. The molecule has 1 heterocycles. The normalized spacial score (nSPS) is 10.3. The number of halogens is 2. The first-order valence-electron chi connectivity index (χ1n) is 5.97. The van der Waals surface area contributed by atoms with Gasteiger partial charge in [-0.05, 0) is 29.8 Å². The molecular weight excluding hydrogens is 281 g/mol. The quantitative estimate of drug-likeness (QED) is 0.908. The highest BCUT2D eigenvalue weighted by Crippen LogP contribution is 2.15. The van der Waals surface area contributed by atoms with E-state index in [-0.39, 0.29) is 24.0 Å². The van der Waals surface area contributed by atoms with Crippen LogP contribution in [0.1, 0.15) is 21.6 Å². The first kappa shape index (κ1) is 14.4. The molecule has 1 amide bonds. The van der Waals surface area contributed by atoms with Gasteiger partial charge in [0.15, 0.2) is 0 Å². The molecule has 104 valence electrons. The topological polar surface area (TPSA) is 68.0 Å². The number of amides is 1. The van der Waals surface area contributed by atoms with E-state index in [0.29, 0.717) is 11.3 Å². The maximum absolute atomic E-state index is 13.0. The zero-order valence-electron chi connectivity index (χ0n) is 10.6. The number of hydrogen-bond donors (Lipinski definition) is 2. The van der Waals surface area contributed by atoms with Gasteiger partial charge in [0.05, 0.1) is 10.7 Å². The molecule has 20 heavy (non-hydrogen) atoms. The summed E-state index contributed by atoms with van der Waals surface area (Å²) in [5.74, 6) is -0.731. The van der Waals surface area contributed by atoms with Crippen LogP contribution < -0.4 is 11.1 Å². The van der Waals surface area contributed by atoms with Gasteiger partial charge in [-0.15, -0.1) is 0 Å². The second-order valence-electron chi connectivity index (χ2n) is 4.17. The molecule has 0 aliphatic rings. The molecule has 0 bridgehead atoms. The van der Waals surface area contributed by atoms with E-state index in [1.807, 2.05) is 0 Å². The van der Waals surface area contributed by atoms with Gasteiger partial charge in [0.2, 0.25) is 0 Å². The zero-order valence-corrected chi connectivity index (χ0v) is 11.3. The van der Waals surface area contributed by atoms with Crippen LogP contribution in [0.4, 0.5) is 4.39 Å². The second kappa shape index (κ2) is 6.45. The fraction of sp³-hybridized carbons (Fsp3) is 0.143. The summed E-state index contributed by atoms with van der Waals surface area (Å²) in [6.45, 7) is 0.536. The molecule has 0 aliphatic carbocycles. The number of carbonyl (C=O) groups excluding carboxylic acids is 1. The van der Waals surface area contributed by atoms with Crippen molar-refractivity contribution in [3.05, 3.63) is 64.2 Å². The third-order valence-corrected chi connectivity index (χ3v) is 3.01. The summed E-state index contributed by atoms with van der Waals surface area (Å²) in [6, 6.07) is 7.55. The Labute approximate surface area is 120 Å². The van der Waals surface area contributed by atoms with Gasteiger partial charge >= 0.3 is 0 Å². The molecule has 0 unspecified atom stereocenters. The van der Waals surface area contributed by atoms with Crippen molar-refractivity contribution in [1.82, 2.24) is 10.3 Å². The Balaban J connectivity index is 2.02. The largest absolute Gasteiger partial charge is 0.348 e. The summed E-state index contributed by atoms with van der Waals surface area (Å²) in [5, 5.41) is 2.76. The van der Waals surface area contributed by atoms with E-state index < -0.39 is 5.82 Å². The molecule has 4 nitrogen and oxygen atoms in total. The summed E-state index contributed by atoms with van der Waals surface area (Å²) in [4.78, 5) is 16.0. The molecule has 1 aromatic carbocycles. The average molecular weight is 294 g/mol. The van der Waals surface area contributed by atoms with Crippen LogP contribution >= 0.6 is 11.6 Å². The van der Waals surface area contributed by atoms with Gasteiger partial charge in [0.1, 0.15) is 5.82 Å². The molecular formula is C14H13ClFN3O. The number of nitrogens with zero attached hydrogens (tertiary/aromatic N) is 1. The number of hydrogen-bond acceptors (Lipinski definition) is 3. The third-order valence-electron chi connectivity index (χ3n) is 2.72. The van der Waals surface area contributed by atoms with Crippen molar-refractivity contribution >= 4 is 17.5 Å². The van der Waals surface area contributed by atoms with E-state index in [1.165, 1.54) is 18.3 Å². The minimum absolute atomic E-state index is 0.0334. The Hall–Kier alpha value is -1.98. The molecule has 2 aromatic rings. The zero-order chi connectivity index (χ0) is 14.5. The predicted octanol–water partition coefficient (Wildman–Crippen LogP) is 2.26. The Kier molecular flexibility index (Phi) is 4.65. The van der Waals surface area contributed by atoms with Crippen molar-refractivity contribution in [2.75, 3.05) is 0 Å². The SMILES string of the molecule is NCc1cc(C(=O)NCc2ccc(F)c(Cl)c2)ccn1. The average Bonchev–Trinajstić information content (AvgIpc) is 2.48. The molecule has 0 fully saturated rings. The molecule has 0 aliphatic heterocycles. The molecule has 2 rings (SSSR count). The van der Waals surface area contributed by atoms with Crippen molar-refractivity contribution in [1.29, 1.82) is 0 Å². The monoisotopic (exact) mass is 293 g/mol. The highest BCUT2D eigenvalue weighted by Gasteiger charge is 2.07. The van der Waals surface area contributed by atoms with Crippen molar-refractivity contribution in [3.63, 3.8) is 0 Å². The highest BCUT2D eigenvalue weighted by molar-refractivity contribution is 6.30. The number of aromatic nitrogens is 1. The lowest BCUT2D eigenvalue weighted by atomic mass is 10.2. The lowest BCUT2D eigenvalue weighted by Gasteiger charge is -2.07. The lowest BCUT2D eigenvalue weighted by molar-refractivity contribution is 0.0950. The fourth-order valence-corrected chi connectivity index (χ4v) is 1.87. The van der Waals surface area contributed by atoms with Crippen molar-refractivity contribution < 1.29 is 9.18 Å². The molecule has 0 saturated carbocycles. The Morgan fingerprint density at radius 1 is 1.35 bits per heavy atom. The minimum atomic E-state index is -0.483. The smallest absolute Gasteiger partial charge is 0.251 e. The van der Waals surface area contributed by atoms with Gasteiger partial charge in [-0.3, -0.25) is 9.78 Å². The van der Waals surface area contributed by atoms with Gasteiger partial charge in [0.25, 0.3) is 5.91 Å². The number of nitrogens with one attached hydrogen (secondary N) is 1. The molecule has 0 saturated heterocycles. The van der Waals surface area contributed by atoms with E-state index >= 15 is 0 Å². The molecule has 0 spiro atoms. The third kappa shape index (κ3) is 3.53. The Morgan fingerprint density at radius 2 is 2.15 bits per heavy atom. The number of pyridine rings is 1. The van der Waals surface area contributed by atoms with Crippen molar-refractivity contribution in [3.8, 4) is 0 Å². The predicted molar refractivity (Wildman–Crippen MR) is 74.7 cm³/mol. The van der Waals surface area contributed by atoms with Crippen molar-refractivity contribution in [2.24, 2.45) is 5.73 Å². The molecule has 0 radical (unpaired) electrons. The van der Waals surface area contributed by atoms with E-state index in [1.54, 1.807) is 18.2 Å². The van der Waals surface area contributed by atoms with Gasteiger partial charge in [-0.1, -0.05) is 17.7 Å². The minimum Gasteiger partial charge on any atom is -0.348 e. The summed E-state index contributed by atoms with van der Waals surface area (Å²) >= 11 is 5.68. The van der Waals surface area contributed by atoms with E-state index in [0.717, 1.165) is 5.56 Å². The van der Waals surface area contributed by atoms with Gasteiger partial charge in [0, 0.05) is 24.8 Å². The lowest BCUT2D eigenvalue weighted by Crippen LogP contribution is -2.23. The summed E-state index contributed by atoms with van der Waals surface area (Å²) < 4.78 is 13.0. The standard InChI is InChI=1S/C14H13ClFN3O/c15-12-5-9(1-2-13(12)16)8-19-14(20)10-3-4-18-11(6-10)7-17/h1-6H,7-8,17H2,(H,19,20). The van der Waals surface area contributed by atoms with Crippen LogP contribution in [0.2, 0.25) is 5.02 Å². The first-order chi connectivity index (χ1) is 9.60. The molecule has 1 aromatic heterocycles. The van der Waals surface area contributed by atoms with Crippen LogP contribution in [0.5, 0.6) is 0 Å². The van der Waals surface area contributed by atoms with Crippen LogP contribution in [0.15, 0.2) is 36.5 Å². The maximum Gasteiger partial charge on any atom is 0.251 e. The number of carbonyl (C=O) groups is 1. The van der Waals surface area contributed by atoms with E-state index in [2.05, 4.69) is 10.3 Å². The van der Waals surface area contributed by atoms with E-state index in [4.69, 9.17) is 17.3 Å². The van der Waals surface area contributed by atoms with Crippen molar-refractivity contribution in [2.45, 2.75) is 13.1 Å². The van der Waals surface area contributed by atoms with Crippen LogP contribution in [-0.2, 0) is 13.1 Å². The fourth-order valence-electron chi connectivity index (χ4n) is 1.67. The van der Waals surface area contributed by atoms with Gasteiger partial charge in [-0.25, -0.2) is 4.39 Å². The van der Waals surface area contributed by atoms with Crippen LogP contribution in [0.25, 0.3) is 0 Å². The van der Waals surface area contributed by atoms with Gasteiger partial charge in [-0.2, -0.15) is 0 Å². The first-order valence-corrected chi connectivity index (χ1v) is 6.35. The summed E-state index contributed by atoms with van der Waals surface area (Å²) in [6.07, 6.45) is 1.53.